The highest BCUT2D eigenvalue weighted by Crippen LogP contribution is 2.31. The summed E-state index contributed by atoms with van der Waals surface area (Å²) in [5, 5.41) is 39.8. The van der Waals surface area contributed by atoms with E-state index < -0.39 is 12.0 Å². The minimum absolute atomic E-state index is 0.194. The van der Waals surface area contributed by atoms with Gasteiger partial charge < -0.3 is 15.1 Å². The van der Waals surface area contributed by atoms with Crippen molar-refractivity contribution >= 4 is 17.6 Å². The number of aromatic nitrogens is 7. The second-order valence-electron chi connectivity index (χ2n) is 11.0. The smallest absolute Gasteiger partial charge is 0.335 e. The number of rotatable bonds is 10. The molecule has 1 atom stereocenters. The number of hydrogen-bond donors (Lipinski definition) is 1. The van der Waals surface area contributed by atoms with Gasteiger partial charge in [-0.2, -0.15) is 14.5 Å². The third-order valence-corrected chi connectivity index (χ3v) is 8.10. The number of carbonyl (C=O) groups is 1. The van der Waals surface area contributed by atoms with E-state index >= 15 is 0 Å². The van der Waals surface area contributed by atoms with Crippen molar-refractivity contribution in [1.29, 1.82) is 0 Å². The van der Waals surface area contributed by atoms with Crippen molar-refractivity contribution in [2.24, 2.45) is 0 Å². The summed E-state index contributed by atoms with van der Waals surface area (Å²) in [5.74, 6) is 0.429. The van der Waals surface area contributed by atoms with Gasteiger partial charge >= 0.3 is 5.97 Å². The fourth-order valence-electron chi connectivity index (χ4n) is 5.46. The Morgan fingerprint density at radius 2 is 1.65 bits per heavy atom. The number of benzene rings is 4. The molecular weight excluding hydrogens is 630 g/mol. The van der Waals surface area contributed by atoms with E-state index in [1.807, 2.05) is 66.9 Å². The number of para-hydroxylation sites is 1. The van der Waals surface area contributed by atoms with Crippen LogP contribution >= 0.6 is 11.6 Å². The highest BCUT2D eigenvalue weighted by Gasteiger charge is 2.25. The molecule has 0 bridgehead atoms. The van der Waals surface area contributed by atoms with Gasteiger partial charge in [-0.15, -0.1) is 5.10 Å². The van der Waals surface area contributed by atoms with E-state index in [9.17, 15) is 15.1 Å². The van der Waals surface area contributed by atoms with E-state index in [0.717, 1.165) is 27.2 Å². The molecule has 0 saturated carbocycles. The minimum Gasteiger partial charge on any atom is -0.618 e. The second kappa shape index (κ2) is 13.2. The molecule has 48 heavy (non-hydrogen) atoms. The SMILES string of the molecule is O=C(O)c1ccc(-c2cnn(C(Cc3ccc(Oc4ccccc4)cc3)c3ccc(-c4cc(Cl)ccc4-n4cnnn4)c[n+]3[O-])c2)cc1. The van der Waals surface area contributed by atoms with Crippen LogP contribution in [0.4, 0.5) is 0 Å². The van der Waals surface area contributed by atoms with Crippen LogP contribution in [0.15, 0.2) is 134 Å². The third kappa shape index (κ3) is 6.48. The van der Waals surface area contributed by atoms with Crippen LogP contribution in [0.1, 0.15) is 27.7 Å². The first kappa shape index (κ1) is 30.3. The van der Waals surface area contributed by atoms with E-state index in [4.69, 9.17) is 16.3 Å². The number of tetrazole rings is 1. The molecule has 7 rings (SSSR count). The summed E-state index contributed by atoms with van der Waals surface area (Å²) in [6.07, 6.45) is 6.98. The average molecular weight is 656 g/mol. The Hall–Kier alpha value is -6.33. The Bertz CT molecular complexity index is 2190. The lowest BCUT2D eigenvalue weighted by molar-refractivity contribution is -0.615. The van der Waals surface area contributed by atoms with Gasteiger partial charge in [-0.3, -0.25) is 4.68 Å². The highest BCUT2D eigenvalue weighted by molar-refractivity contribution is 6.31. The van der Waals surface area contributed by atoms with Crippen LogP contribution in [0, 0.1) is 5.21 Å². The van der Waals surface area contributed by atoms with Gasteiger partial charge in [-0.05, 0) is 82.2 Å². The molecule has 0 fully saturated rings. The average Bonchev–Trinajstić information content (AvgIpc) is 3.82. The fraction of sp³-hybridized carbons (Fsp3) is 0.0556. The van der Waals surface area contributed by atoms with Gasteiger partial charge in [0.2, 0.25) is 5.69 Å². The molecule has 0 radical (unpaired) electrons. The van der Waals surface area contributed by atoms with Crippen LogP contribution in [-0.2, 0) is 6.42 Å². The van der Waals surface area contributed by atoms with Gasteiger partial charge in [0.05, 0.1) is 17.4 Å². The third-order valence-electron chi connectivity index (χ3n) is 7.87. The van der Waals surface area contributed by atoms with Crippen molar-refractivity contribution in [2.45, 2.75) is 12.5 Å². The molecule has 3 aromatic heterocycles. The van der Waals surface area contributed by atoms with Crippen molar-refractivity contribution in [2.75, 3.05) is 0 Å². The largest absolute Gasteiger partial charge is 0.618 e. The Balaban J connectivity index is 1.24. The molecular formula is C36H26ClN7O4. The van der Waals surface area contributed by atoms with Crippen LogP contribution in [0.25, 0.3) is 27.9 Å². The molecule has 7 aromatic rings. The number of halogens is 1. The Morgan fingerprint density at radius 3 is 2.35 bits per heavy atom. The number of aromatic carboxylic acids is 1. The molecule has 4 aromatic carbocycles. The number of carboxylic acids is 1. The molecule has 0 spiro atoms. The lowest BCUT2D eigenvalue weighted by Crippen LogP contribution is -2.36. The Labute approximate surface area is 279 Å². The summed E-state index contributed by atoms with van der Waals surface area (Å²) >= 11 is 6.36. The fourth-order valence-corrected chi connectivity index (χ4v) is 5.63. The van der Waals surface area contributed by atoms with Gasteiger partial charge in [-0.1, -0.05) is 54.1 Å². The van der Waals surface area contributed by atoms with Gasteiger partial charge in [0, 0.05) is 40.4 Å². The number of hydrogen-bond acceptors (Lipinski definition) is 7. The van der Waals surface area contributed by atoms with E-state index in [0.29, 0.717) is 39.7 Å². The van der Waals surface area contributed by atoms with Crippen molar-refractivity contribution in [1.82, 2.24) is 30.0 Å². The van der Waals surface area contributed by atoms with E-state index in [1.165, 1.54) is 17.2 Å². The van der Waals surface area contributed by atoms with Gasteiger partial charge in [0.25, 0.3) is 0 Å². The summed E-state index contributed by atoms with van der Waals surface area (Å²) in [7, 11) is 0. The van der Waals surface area contributed by atoms with E-state index in [1.54, 1.807) is 59.4 Å². The molecule has 0 amide bonds. The minimum atomic E-state index is -0.996. The predicted molar refractivity (Wildman–Crippen MR) is 178 cm³/mol. The molecule has 0 aliphatic carbocycles. The Kier molecular flexibility index (Phi) is 8.33. The lowest BCUT2D eigenvalue weighted by atomic mass is 10.00. The molecule has 12 heteroatoms. The first-order valence-electron chi connectivity index (χ1n) is 14.9. The lowest BCUT2D eigenvalue weighted by Gasteiger charge is -2.18. The number of ether oxygens (including phenoxy) is 1. The van der Waals surface area contributed by atoms with Crippen LogP contribution in [0.5, 0.6) is 11.5 Å². The topological polar surface area (TPSA) is 135 Å². The molecule has 1 unspecified atom stereocenters. The molecule has 0 aliphatic heterocycles. The van der Waals surface area contributed by atoms with Gasteiger partial charge in [0.1, 0.15) is 23.9 Å². The van der Waals surface area contributed by atoms with Crippen molar-refractivity contribution in [3.63, 3.8) is 0 Å². The predicted octanol–water partition coefficient (Wildman–Crippen LogP) is 6.80. The number of carboxylic acid groups (broad SMARTS) is 1. The summed E-state index contributed by atoms with van der Waals surface area (Å²) < 4.78 is 10.1. The number of nitrogens with zero attached hydrogens (tertiary/aromatic N) is 7. The molecule has 0 saturated heterocycles. The first-order valence-corrected chi connectivity index (χ1v) is 15.3. The molecule has 0 aliphatic rings. The highest BCUT2D eigenvalue weighted by atomic mass is 35.5. The standard InChI is InChI=1S/C36H26ClN7O4/c37-29-13-17-33(43-23-38-40-41-43)32(19-29)27-12-16-34(44(47)22-27)35(18-24-6-14-31(15-7-24)48-30-4-2-1-3-5-30)42-21-28(20-39-42)25-8-10-26(11-9-25)36(45)46/h1-17,19-23,35H,18H2,(H,45,46). The van der Waals surface area contributed by atoms with Crippen molar-refractivity contribution < 1.29 is 19.4 Å². The zero-order chi connectivity index (χ0) is 33.0. The summed E-state index contributed by atoms with van der Waals surface area (Å²) in [4.78, 5) is 11.4. The van der Waals surface area contributed by atoms with Crippen molar-refractivity contribution in [3.8, 4) is 39.4 Å². The molecule has 1 N–H and O–H groups in total. The molecule has 3 heterocycles. The van der Waals surface area contributed by atoms with Crippen LogP contribution in [0.2, 0.25) is 5.02 Å². The van der Waals surface area contributed by atoms with Crippen LogP contribution < -0.4 is 9.47 Å². The summed E-state index contributed by atoms with van der Waals surface area (Å²) in [5.41, 5.74) is 5.17. The first-order chi connectivity index (χ1) is 23.4. The monoisotopic (exact) mass is 655 g/mol. The van der Waals surface area contributed by atoms with Crippen LogP contribution in [-0.4, -0.2) is 41.1 Å². The van der Waals surface area contributed by atoms with Gasteiger partial charge in [0.15, 0.2) is 6.20 Å². The zero-order valence-corrected chi connectivity index (χ0v) is 25.9. The summed E-state index contributed by atoms with van der Waals surface area (Å²) in [6, 6.07) is 32.3. The van der Waals surface area contributed by atoms with Gasteiger partial charge in [-0.25, -0.2) is 4.79 Å². The molecule has 11 nitrogen and oxygen atoms in total. The van der Waals surface area contributed by atoms with Crippen LogP contribution in [0.3, 0.4) is 0 Å². The normalized spacial score (nSPS) is 11.7. The number of pyridine rings is 1. The maximum absolute atomic E-state index is 13.9. The maximum atomic E-state index is 13.9. The molecule has 236 valence electrons. The van der Waals surface area contributed by atoms with Crippen molar-refractivity contribution in [3.05, 3.63) is 161 Å². The summed E-state index contributed by atoms with van der Waals surface area (Å²) in [6.45, 7) is 0. The zero-order valence-electron chi connectivity index (χ0n) is 25.2. The quantitative estimate of drug-likeness (QED) is 0.126. The second-order valence-corrected chi connectivity index (χ2v) is 11.4. The Morgan fingerprint density at radius 1 is 0.896 bits per heavy atom. The van der Waals surface area contributed by atoms with E-state index in [2.05, 4.69) is 20.6 Å². The van der Waals surface area contributed by atoms with E-state index in [-0.39, 0.29) is 5.56 Å². The maximum Gasteiger partial charge on any atom is 0.335 e.